The Balaban J connectivity index is 5.94. The molecule has 0 heterocycles. The van der Waals surface area contributed by atoms with E-state index in [4.69, 9.17) is 10.2 Å². The van der Waals surface area contributed by atoms with Gasteiger partial charge in [-0.25, -0.2) is 9.59 Å². The number of aliphatic carboxylic acids is 2. The molecule has 0 unspecified atom stereocenters. The summed E-state index contributed by atoms with van der Waals surface area (Å²) >= 11 is 0. The lowest BCUT2D eigenvalue weighted by Crippen LogP contribution is -2.66. The van der Waals surface area contributed by atoms with Gasteiger partial charge in [-0.15, -0.1) is 0 Å². The highest BCUT2D eigenvalue weighted by Crippen LogP contribution is 2.41. The summed E-state index contributed by atoms with van der Waals surface area (Å²) in [6.07, 6.45) is -16.8. The average molecular weight is 314 g/mol. The summed E-state index contributed by atoms with van der Waals surface area (Å²) in [5.74, 6) is -5.91. The van der Waals surface area contributed by atoms with E-state index in [0.29, 0.717) is 0 Å². The lowest BCUT2D eigenvalue weighted by molar-refractivity contribution is -0.260. The van der Waals surface area contributed by atoms with Gasteiger partial charge in [0.2, 0.25) is 11.2 Å². The third kappa shape index (κ3) is 3.96. The van der Waals surface area contributed by atoms with Crippen LogP contribution >= 0.6 is 0 Å². The third-order valence-corrected chi connectivity index (χ3v) is 2.30. The lowest BCUT2D eigenvalue weighted by Gasteiger charge is -2.37. The predicted octanol–water partition coefficient (Wildman–Crippen LogP) is 0.523. The molecule has 0 aliphatic carbocycles. The van der Waals surface area contributed by atoms with Gasteiger partial charge < -0.3 is 20.4 Å². The molecule has 0 spiro atoms. The molecule has 0 aliphatic rings. The normalized spacial score (nSPS) is 19.0. The van der Waals surface area contributed by atoms with Gasteiger partial charge in [-0.05, 0) is 0 Å². The molecule has 12 heteroatoms. The van der Waals surface area contributed by atoms with E-state index in [1.807, 2.05) is 0 Å². The van der Waals surface area contributed by atoms with Crippen LogP contribution in [0.3, 0.4) is 0 Å². The molecule has 0 bridgehead atoms. The van der Waals surface area contributed by atoms with E-state index in [1.165, 1.54) is 0 Å². The van der Waals surface area contributed by atoms with Crippen LogP contribution in [0.1, 0.15) is 12.8 Å². The zero-order chi connectivity index (χ0) is 16.6. The number of carboxylic acids is 2. The van der Waals surface area contributed by atoms with E-state index in [-0.39, 0.29) is 0 Å². The molecule has 0 saturated heterocycles. The molecule has 0 amide bonds. The van der Waals surface area contributed by atoms with Crippen molar-refractivity contribution in [3.05, 3.63) is 0 Å². The van der Waals surface area contributed by atoms with Gasteiger partial charge in [0.1, 0.15) is 0 Å². The molecule has 4 N–H and O–H groups in total. The van der Waals surface area contributed by atoms with Gasteiger partial charge in [0, 0.05) is 0 Å². The van der Waals surface area contributed by atoms with Crippen molar-refractivity contribution in [2.24, 2.45) is 0 Å². The maximum atomic E-state index is 12.1. The second kappa shape index (κ2) is 5.09. The molecular formula is C8H8F6O6. The first-order chi connectivity index (χ1) is 8.55. The Morgan fingerprint density at radius 3 is 1.00 bits per heavy atom. The van der Waals surface area contributed by atoms with Gasteiger partial charge in [0.05, 0.1) is 12.8 Å². The molecule has 0 rings (SSSR count). The highest BCUT2D eigenvalue weighted by molar-refractivity contribution is 5.90. The maximum absolute atomic E-state index is 12.1. The monoisotopic (exact) mass is 314 g/mol. The highest BCUT2D eigenvalue weighted by Gasteiger charge is 2.67. The zero-order valence-electron chi connectivity index (χ0n) is 9.29. The minimum absolute atomic E-state index is 2.88. The molecule has 0 aromatic rings. The van der Waals surface area contributed by atoms with Gasteiger partial charge in [-0.2, -0.15) is 26.3 Å². The average Bonchev–Trinajstić information content (AvgIpc) is 2.10. The predicted molar refractivity (Wildman–Crippen MR) is 46.5 cm³/mol. The topological polar surface area (TPSA) is 115 Å². The Labute approximate surface area is 106 Å². The molecule has 6 nitrogen and oxygen atoms in total. The van der Waals surface area contributed by atoms with Crippen molar-refractivity contribution in [3.63, 3.8) is 0 Å². The summed E-state index contributed by atoms with van der Waals surface area (Å²) in [6, 6.07) is 0. The minimum atomic E-state index is -5.54. The molecule has 20 heavy (non-hydrogen) atoms. The van der Waals surface area contributed by atoms with Crippen molar-refractivity contribution < 1.29 is 56.4 Å². The Kier molecular flexibility index (Phi) is 4.69. The quantitative estimate of drug-likeness (QED) is 0.550. The lowest BCUT2D eigenvalue weighted by atomic mass is 9.77. The minimum Gasteiger partial charge on any atom is -0.479 e. The molecule has 0 saturated carbocycles. The van der Waals surface area contributed by atoms with E-state index in [0.717, 1.165) is 0 Å². The summed E-state index contributed by atoms with van der Waals surface area (Å²) in [7, 11) is 0. The van der Waals surface area contributed by atoms with Crippen molar-refractivity contribution in [3.8, 4) is 0 Å². The van der Waals surface area contributed by atoms with Crippen molar-refractivity contribution in [2.75, 3.05) is 0 Å². The van der Waals surface area contributed by atoms with Gasteiger partial charge >= 0.3 is 24.3 Å². The van der Waals surface area contributed by atoms with E-state index in [1.54, 1.807) is 0 Å². The molecule has 118 valence electrons. The number of alkyl halides is 6. The zero-order valence-corrected chi connectivity index (χ0v) is 9.29. The first-order valence-corrected chi connectivity index (χ1v) is 4.60. The second-order valence-electron chi connectivity index (χ2n) is 3.91. The Morgan fingerprint density at radius 2 is 0.900 bits per heavy atom. The first kappa shape index (κ1) is 18.4. The molecule has 0 fully saturated rings. The summed E-state index contributed by atoms with van der Waals surface area (Å²) in [4.78, 5) is 21.2. The fourth-order valence-corrected chi connectivity index (χ4v) is 1.38. The SMILES string of the molecule is O=C(O)[C@](O)(CC(F)(F)F)[C@@](O)(CC(F)(F)F)C(=O)O. The standard InChI is InChI=1S/C8H8F6O6/c9-7(10,11)1-5(19,3(15)16)6(20,4(17)18)2-8(12,13)14/h19-20H,1-2H2,(H,15,16)(H,17,18)/t5-,6-/m1/s1. The van der Waals surface area contributed by atoms with Crippen LogP contribution in [-0.2, 0) is 9.59 Å². The molecule has 2 atom stereocenters. The van der Waals surface area contributed by atoms with Gasteiger partial charge in [-0.3, -0.25) is 0 Å². The molecular weight excluding hydrogens is 306 g/mol. The Morgan fingerprint density at radius 1 is 0.700 bits per heavy atom. The van der Waals surface area contributed by atoms with Crippen LogP contribution in [-0.4, -0.2) is 55.9 Å². The molecule has 0 radical (unpaired) electrons. The van der Waals surface area contributed by atoms with Crippen LogP contribution in [0.15, 0.2) is 0 Å². The summed E-state index contributed by atoms with van der Waals surface area (Å²) < 4.78 is 72.8. The number of hydrogen-bond donors (Lipinski definition) is 4. The van der Waals surface area contributed by atoms with E-state index in [2.05, 4.69) is 0 Å². The number of halogens is 6. The smallest absolute Gasteiger partial charge is 0.392 e. The van der Waals surface area contributed by atoms with Crippen molar-refractivity contribution in [1.29, 1.82) is 0 Å². The van der Waals surface area contributed by atoms with Crippen molar-refractivity contribution in [1.82, 2.24) is 0 Å². The van der Waals surface area contributed by atoms with Crippen LogP contribution in [0.4, 0.5) is 26.3 Å². The number of carbonyl (C=O) groups is 2. The number of hydrogen-bond acceptors (Lipinski definition) is 4. The number of aliphatic hydroxyl groups is 2. The Hall–Kier alpha value is -1.56. The number of carboxylic acid groups (broad SMARTS) is 2. The third-order valence-electron chi connectivity index (χ3n) is 2.30. The van der Waals surface area contributed by atoms with Crippen molar-refractivity contribution in [2.45, 2.75) is 36.4 Å². The van der Waals surface area contributed by atoms with Crippen LogP contribution < -0.4 is 0 Å². The Bertz CT molecular complexity index is 365. The van der Waals surface area contributed by atoms with E-state index < -0.39 is 48.3 Å². The number of rotatable bonds is 5. The fraction of sp³-hybridized carbons (Fsp3) is 0.750. The summed E-state index contributed by atoms with van der Waals surface area (Å²) in [6.45, 7) is 0. The fourth-order valence-electron chi connectivity index (χ4n) is 1.38. The van der Waals surface area contributed by atoms with Crippen LogP contribution in [0.2, 0.25) is 0 Å². The van der Waals surface area contributed by atoms with E-state index in [9.17, 15) is 46.1 Å². The summed E-state index contributed by atoms with van der Waals surface area (Å²) in [5.41, 5.74) is -9.21. The largest absolute Gasteiger partial charge is 0.479 e. The molecule has 0 aliphatic heterocycles. The first-order valence-electron chi connectivity index (χ1n) is 4.60. The summed E-state index contributed by atoms with van der Waals surface area (Å²) in [5, 5.41) is 35.3. The van der Waals surface area contributed by atoms with Gasteiger partial charge in [-0.1, -0.05) is 0 Å². The molecule has 0 aromatic heterocycles. The van der Waals surface area contributed by atoms with Crippen LogP contribution in [0.25, 0.3) is 0 Å². The van der Waals surface area contributed by atoms with Crippen LogP contribution in [0, 0.1) is 0 Å². The van der Waals surface area contributed by atoms with Gasteiger partial charge in [0.15, 0.2) is 0 Å². The van der Waals surface area contributed by atoms with Crippen LogP contribution in [0.5, 0.6) is 0 Å². The highest BCUT2D eigenvalue weighted by atomic mass is 19.4. The maximum Gasteiger partial charge on any atom is 0.392 e. The van der Waals surface area contributed by atoms with Crippen molar-refractivity contribution >= 4 is 11.9 Å². The molecule has 0 aromatic carbocycles. The van der Waals surface area contributed by atoms with Gasteiger partial charge in [0.25, 0.3) is 0 Å². The van der Waals surface area contributed by atoms with E-state index >= 15 is 0 Å². The second-order valence-corrected chi connectivity index (χ2v) is 3.91.